The van der Waals surface area contributed by atoms with E-state index in [-0.39, 0.29) is 0 Å². The van der Waals surface area contributed by atoms with Gasteiger partial charge in [-0.3, -0.25) is 0 Å². The predicted molar refractivity (Wildman–Crippen MR) is 50.6 cm³/mol. The molecule has 0 amide bonds. The Balaban J connectivity index is 1.79. The van der Waals surface area contributed by atoms with Gasteiger partial charge in [0.2, 0.25) is 0 Å². The summed E-state index contributed by atoms with van der Waals surface area (Å²) in [6, 6.07) is 0.474. The number of ether oxygens (including phenoxy) is 1. The number of nitrogens with one attached hydrogen (secondary N) is 1. The molecule has 5 heteroatoms. The number of hydrogen-bond acceptors (Lipinski definition) is 5. The Morgan fingerprint density at radius 1 is 1.77 bits per heavy atom. The van der Waals surface area contributed by atoms with Gasteiger partial charge < -0.3 is 10.1 Å². The lowest BCUT2D eigenvalue weighted by Crippen LogP contribution is -2.34. The maximum absolute atomic E-state index is 5.44. The monoisotopic (exact) mass is 199 g/mol. The maximum atomic E-state index is 5.44. The first-order valence-electron chi connectivity index (χ1n) is 4.47. The Hall–Kier alpha value is -0.520. The van der Waals surface area contributed by atoms with E-state index < -0.39 is 0 Å². The lowest BCUT2D eigenvalue weighted by atomic mass is 10.1. The summed E-state index contributed by atoms with van der Waals surface area (Å²) in [6.07, 6.45) is 3.23. The summed E-state index contributed by atoms with van der Waals surface area (Å²) in [7, 11) is 0. The number of hydrogen-bond donors (Lipinski definition) is 1. The van der Waals surface area contributed by atoms with E-state index in [2.05, 4.69) is 21.0 Å². The van der Waals surface area contributed by atoms with Gasteiger partial charge in [0, 0.05) is 19.2 Å². The SMILES string of the molecule is CC1OCCC1NCc1cnsn1. The van der Waals surface area contributed by atoms with Crippen LogP contribution in [0.5, 0.6) is 0 Å². The molecule has 0 aliphatic carbocycles. The standard InChI is InChI=1S/C8H13N3OS/c1-6-8(2-3-12-6)9-4-7-5-10-13-11-7/h5-6,8-9H,2-4H2,1H3. The van der Waals surface area contributed by atoms with Crippen molar-refractivity contribution in [3.05, 3.63) is 11.9 Å². The molecule has 13 heavy (non-hydrogen) atoms. The second kappa shape index (κ2) is 4.13. The number of nitrogens with zero attached hydrogens (tertiary/aromatic N) is 2. The minimum absolute atomic E-state index is 0.326. The van der Waals surface area contributed by atoms with Gasteiger partial charge in [-0.15, -0.1) is 0 Å². The van der Waals surface area contributed by atoms with Gasteiger partial charge in [-0.1, -0.05) is 0 Å². The van der Waals surface area contributed by atoms with Crippen molar-refractivity contribution in [2.24, 2.45) is 0 Å². The highest BCUT2D eigenvalue weighted by Crippen LogP contribution is 2.12. The molecule has 1 aliphatic rings. The van der Waals surface area contributed by atoms with Crippen molar-refractivity contribution >= 4 is 11.7 Å². The molecule has 2 heterocycles. The second-order valence-corrected chi connectivity index (χ2v) is 3.81. The van der Waals surface area contributed by atoms with Crippen LogP contribution in [0.2, 0.25) is 0 Å². The van der Waals surface area contributed by atoms with Gasteiger partial charge in [0.1, 0.15) is 0 Å². The summed E-state index contributed by atoms with van der Waals surface area (Å²) >= 11 is 1.25. The van der Waals surface area contributed by atoms with Crippen LogP contribution < -0.4 is 5.32 Å². The van der Waals surface area contributed by atoms with E-state index in [1.54, 1.807) is 6.20 Å². The zero-order valence-corrected chi connectivity index (χ0v) is 8.38. The van der Waals surface area contributed by atoms with Gasteiger partial charge in [0.15, 0.2) is 0 Å². The van der Waals surface area contributed by atoms with Crippen LogP contribution in [0.1, 0.15) is 19.0 Å². The highest BCUT2D eigenvalue weighted by Gasteiger charge is 2.23. The molecule has 1 aromatic heterocycles. The lowest BCUT2D eigenvalue weighted by Gasteiger charge is -2.14. The van der Waals surface area contributed by atoms with E-state index in [0.29, 0.717) is 12.1 Å². The van der Waals surface area contributed by atoms with E-state index >= 15 is 0 Å². The predicted octanol–water partition coefficient (Wildman–Crippen LogP) is 0.805. The van der Waals surface area contributed by atoms with Crippen LogP contribution in [0.15, 0.2) is 6.20 Å². The molecular weight excluding hydrogens is 186 g/mol. The van der Waals surface area contributed by atoms with Crippen LogP contribution in [0.25, 0.3) is 0 Å². The molecule has 0 saturated carbocycles. The summed E-state index contributed by atoms with van der Waals surface area (Å²) in [5, 5.41) is 3.41. The fraction of sp³-hybridized carbons (Fsp3) is 0.750. The molecule has 1 fully saturated rings. The van der Waals surface area contributed by atoms with E-state index in [0.717, 1.165) is 25.3 Å². The zero-order valence-electron chi connectivity index (χ0n) is 7.56. The summed E-state index contributed by atoms with van der Waals surface area (Å²) < 4.78 is 13.5. The normalized spacial score (nSPS) is 28.1. The highest BCUT2D eigenvalue weighted by molar-refractivity contribution is 6.99. The van der Waals surface area contributed by atoms with Crippen LogP contribution in [-0.2, 0) is 11.3 Å². The van der Waals surface area contributed by atoms with Crippen molar-refractivity contribution in [2.75, 3.05) is 6.61 Å². The number of rotatable bonds is 3. The average Bonchev–Trinajstić information content (AvgIpc) is 2.72. The molecule has 1 N–H and O–H groups in total. The second-order valence-electron chi connectivity index (χ2n) is 3.25. The van der Waals surface area contributed by atoms with Crippen LogP contribution in [0.3, 0.4) is 0 Å². The van der Waals surface area contributed by atoms with E-state index in [1.165, 1.54) is 11.7 Å². The van der Waals surface area contributed by atoms with Crippen LogP contribution in [-0.4, -0.2) is 27.5 Å². The Bertz CT molecular complexity index is 252. The Kier molecular flexibility index (Phi) is 2.87. The molecule has 1 saturated heterocycles. The smallest absolute Gasteiger partial charge is 0.0880 e. The maximum Gasteiger partial charge on any atom is 0.0880 e. The Morgan fingerprint density at radius 2 is 2.69 bits per heavy atom. The van der Waals surface area contributed by atoms with Crippen LogP contribution in [0, 0.1) is 0 Å². The highest BCUT2D eigenvalue weighted by atomic mass is 32.1. The zero-order chi connectivity index (χ0) is 9.10. The quantitative estimate of drug-likeness (QED) is 0.782. The first-order valence-corrected chi connectivity index (χ1v) is 5.21. The minimum atomic E-state index is 0.326. The summed E-state index contributed by atoms with van der Waals surface area (Å²) in [5.74, 6) is 0. The fourth-order valence-corrected chi connectivity index (χ4v) is 1.93. The molecule has 0 aromatic carbocycles. The molecule has 0 radical (unpaired) electrons. The third kappa shape index (κ3) is 2.24. The van der Waals surface area contributed by atoms with Crippen LogP contribution >= 0.6 is 11.7 Å². The average molecular weight is 199 g/mol. The van der Waals surface area contributed by atoms with E-state index in [4.69, 9.17) is 4.74 Å². The van der Waals surface area contributed by atoms with Gasteiger partial charge in [-0.05, 0) is 13.3 Å². The third-order valence-corrected chi connectivity index (χ3v) is 2.84. The molecule has 0 bridgehead atoms. The van der Waals surface area contributed by atoms with Gasteiger partial charge in [-0.25, -0.2) is 0 Å². The van der Waals surface area contributed by atoms with Crippen molar-refractivity contribution in [2.45, 2.75) is 32.0 Å². The van der Waals surface area contributed by atoms with Gasteiger partial charge in [-0.2, -0.15) is 8.75 Å². The van der Waals surface area contributed by atoms with E-state index in [1.807, 2.05) is 0 Å². The molecular formula is C8H13N3OS. The minimum Gasteiger partial charge on any atom is -0.377 e. The summed E-state index contributed by atoms with van der Waals surface area (Å²) in [4.78, 5) is 0. The Morgan fingerprint density at radius 3 is 3.31 bits per heavy atom. The van der Waals surface area contributed by atoms with Crippen molar-refractivity contribution < 1.29 is 4.74 Å². The number of aromatic nitrogens is 2. The molecule has 72 valence electrons. The molecule has 1 aliphatic heterocycles. The summed E-state index contributed by atoms with van der Waals surface area (Å²) in [6.45, 7) is 3.77. The third-order valence-electron chi connectivity index (χ3n) is 2.33. The van der Waals surface area contributed by atoms with Gasteiger partial charge in [0.25, 0.3) is 0 Å². The Labute approximate surface area is 81.6 Å². The van der Waals surface area contributed by atoms with Crippen molar-refractivity contribution in [3.63, 3.8) is 0 Å². The first-order chi connectivity index (χ1) is 6.36. The lowest BCUT2D eigenvalue weighted by molar-refractivity contribution is 0.113. The fourth-order valence-electron chi connectivity index (χ4n) is 1.50. The molecule has 1 aromatic rings. The molecule has 2 atom stereocenters. The van der Waals surface area contributed by atoms with Crippen molar-refractivity contribution in [1.82, 2.24) is 14.1 Å². The van der Waals surface area contributed by atoms with Gasteiger partial charge in [0.05, 0.1) is 29.7 Å². The van der Waals surface area contributed by atoms with Crippen molar-refractivity contribution in [3.8, 4) is 0 Å². The topological polar surface area (TPSA) is 47.0 Å². The molecule has 4 nitrogen and oxygen atoms in total. The van der Waals surface area contributed by atoms with E-state index in [9.17, 15) is 0 Å². The molecule has 2 rings (SSSR count). The van der Waals surface area contributed by atoms with Gasteiger partial charge >= 0.3 is 0 Å². The molecule has 2 unspecified atom stereocenters. The van der Waals surface area contributed by atoms with Crippen LogP contribution in [0.4, 0.5) is 0 Å². The largest absolute Gasteiger partial charge is 0.377 e. The van der Waals surface area contributed by atoms with Crippen molar-refractivity contribution in [1.29, 1.82) is 0 Å². The summed E-state index contributed by atoms with van der Waals surface area (Å²) in [5.41, 5.74) is 1.02. The molecule has 0 spiro atoms. The first kappa shape index (κ1) is 9.05.